The summed E-state index contributed by atoms with van der Waals surface area (Å²) in [6.07, 6.45) is -2.95. The molecule has 4 heteroatoms. The molecule has 1 aliphatic heterocycles. The minimum absolute atomic E-state index is 0.0552. The molecule has 92 valence electrons. The third kappa shape index (κ3) is 1.50. The Balaban J connectivity index is 2.11. The molecule has 0 aromatic heterocycles. The van der Waals surface area contributed by atoms with Crippen molar-refractivity contribution in [1.82, 2.24) is 0 Å². The van der Waals surface area contributed by atoms with Crippen LogP contribution in [0.15, 0.2) is 24.3 Å². The van der Waals surface area contributed by atoms with Crippen molar-refractivity contribution in [3.05, 3.63) is 35.4 Å². The van der Waals surface area contributed by atoms with Gasteiger partial charge in [-0.05, 0) is 30.4 Å². The van der Waals surface area contributed by atoms with E-state index in [0.717, 1.165) is 11.1 Å². The van der Waals surface area contributed by atoms with Gasteiger partial charge >= 0.3 is 6.18 Å². The quantitative estimate of drug-likeness (QED) is 0.677. The highest BCUT2D eigenvalue weighted by Crippen LogP contribution is 2.55. The predicted molar refractivity (Wildman–Crippen MR) is 56.6 cm³/mol. The van der Waals surface area contributed by atoms with Crippen molar-refractivity contribution in [1.29, 1.82) is 0 Å². The smallest absolute Gasteiger partial charge is 0.370 e. The van der Waals surface area contributed by atoms with E-state index in [1.807, 2.05) is 0 Å². The number of ether oxygens (including phenoxy) is 1. The summed E-state index contributed by atoms with van der Waals surface area (Å²) in [5, 5.41) is 0. The summed E-state index contributed by atoms with van der Waals surface area (Å²) in [7, 11) is 0. The van der Waals surface area contributed by atoms with Crippen LogP contribution in [0.2, 0.25) is 0 Å². The molecule has 2 aliphatic rings. The molecule has 0 unspecified atom stereocenters. The van der Waals surface area contributed by atoms with Crippen LogP contribution in [-0.2, 0) is 16.8 Å². The summed E-state index contributed by atoms with van der Waals surface area (Å²) in [6, 6.07) is 7.15. The van der Waals surface area contributed by atoms with Crippen LogP contribution in [0.3, 0.4) is 0 Å². The molecule has 1 nitrogen and oxygen atoms in total. The van der Waals surface area contributed by atoms with E-state index in [1.54, 1.807) is 24.3 Å². The van der Waals surface area contributed by atoms with Crippen LogP contribution in [0.5, 0.6) is 0 Å². The number of benzene rings is 1. The van der Waals surface area contributed by atoms with Crippen molar-refractivity contribution < 1.29 is 17.9 Å². The summed E-state index contributed by atoms with van der Waals surface area (Å²) in [5.41, 5.74) is 0.436. The van der Waals surface area contributed by atoms with Gasteiger partial charge in [0.2, 0.25) is 0 Å². The molecule has 2 atom stereocenters. The van der Waals surface area contributed by atoms with Gasteiger partial charge in [0.15, 0.2) is 0 Å². The lowest BCUT2D eigenvalue weighted by Crippen LogP contribution is -2.40. The second kappa shape index (κ2) is 3.48. The van der Waals surface area contributed by atoms with Gasteiger partial charge in [0.25, 0.3) is 0 Å². The average Bonchev–Trinajstić information content (AvgIpc) is 2.86. The second-order valence-electron chi connectivity index (χ2n) is 4.80. The fraction of sp³-hybridized carbons (Fsp3) is 0.538. The minimum Gasteiger partial charge on any atom is -0.370 e. The van der Waals surface area contributed by atoms with Gasteiger partial charge in [-0.15, -0.1) is 0 Å². The van der Waals surface area contributed by atoms with Crippen LogP contribution in [0, 0.1) is 5.92 Å². The lowest BCUT2D eigenvalue weighted by Gasteiger charge is -2.32. The Morgan fingerprint density at radius 3 is 2.65 bits per heavy atom. The highest BCUT2D eigenvalue weighted by atomic mass is 19.4. The number of hydrogen-bond acceptors (Lipinski definition) is 1. The van der Waals surface area contributed by atoms with Crippen LogP contribution in [-0.4, -0.2) is 12.8 Å². The standard InChI is InChI=1S/C13H13F3O/c14-13(15,16)11-8-9-4-1-2-5-10(9)12(11)6-3-7-17-12/h1-2,4-5,11H,3,6-8H2/t11-,12-/m0/s1. The van der Waals surface area contributed by atoms with Gasteiger partial charge in [0, 0.05) is 6.61 Å². The highest BCUT2D eigenvalue weighted by molar-refractivity contribution is 5.40. The lowest BCUT2D eigenvalue weighted by atomic mass is 9.84. The first-order valence-corrected chi connectivity index (χ1v) is 5.83. The van der Waals surface area contributed by atoms with Crippen LogP contribution in [0.1, 0.15) is 24.0 Å². The zero-order valence-corrected chi connectivity index (χ0v) is 9.26. The summed E-state index contributed by atoms with van der Waals surface area (Å²) in [6.45, 7) is 0.431. The second-order valence-corrected chi connectivity index (χ2v) is 4.80. The van der Waals surface area contributed by atoms with Crippen molar-refractivity contribution in [3.63, 3.8) is 0 Å². The molecule has 0 amide bonds. The van der Waals surface area contributed by atoms with Gasteiger partial charge in [-0.25, -0.2) is 0 Å². The average molecular weight is 242 g/mol. The van der Waals surface area contributed by atoms with Crippen LogP contribution < -0.4 is 0 Å². The monoisotopic (exact) mass is 242 g/mol. The summed E-state index contributed by atoms with van der Waals surface area (Å²) in [4.78, 5) is 0. The molecule has 1 aliphatic carbocycles. The molecule has 1 saturated heterocycles. The SMILES string of the molecule is FC(F)(F)[C@H]1Cc2ccccc2[C@@]12CCCO2. The van der Waals surface area contributed by atoms with E-state index in [1.165, 1.54) is 0 Å². The van der Waals surface area contributed by atoms with E-state index in [9.17, 15) is 13.2 Å². The molecule has 1 aromatic carbocycles. The van der Waals surface area contributed by atoms with E-state index < -0.39 is 17.7 Å². The number of rotatable bonds is 0. The first-order chi connectivity index (χ1) is 8.04. The molecule has 0 bridgehead atoms. The normalized spacial score (nSPS) is 32.1. The molecule has 17 heavy (non-hydrogen) atoms. The zero-order valence-electron chi connectivity index (χ0n) is 9.26. The topological polar surface area (TPSA) is 9.23 Å². The third-order valence-electron chi connectivity index (χ3n) is 3.91. The summed E-state index contributed by atoms with van der Waals surface area (Å²) in [5.74, 6) is -1.38. The summed E-state index contributed by atoms with van der Waals surface area (Å²) >= 11 is 0. The van der Waals surface area contributed by atoms with Gasteiger partial charge < -0.3 is 4.74 Å². The molecule has 0 radical (unpaired) electrons. The largest absolute Gasteiger partial charge is 0.395 e. The Kier molecular flexibility index (Phi) is 2.27. The Labute approximate surface area is 97.6 Å². The van der Waals surface area contributed by atoms with E-state index >= 15 is 0 Å². The minimum atomic E-state index is -4.19. The molecule has 0 saturated carbocycles. The number of halogens is 3. The molecule has 1 aromatic rings. The van der Waals surface area contributed by atoms with Crippen LogP contribution in [0.25, 0.3) is 0 Å². The van der Waals surface area contributed by atoms with Gasteiger partial charge in [-0.3, -0.25) is 0 Å². The van der Waals surface area contributed by atoms with Crippen LogP contribution in [0.4, 0.5) is 13.2 Å². The molecule has 1 fully saturated rings. The summed E-state index contributed by atoms with van der Waals surface area (Å²) < 4.78 is 45.0. The number of hydrogen-bond donors (Lipinski definition) is 0. The van der Waals surface area contributed by atoms with E-state index in [-0.39, 0.29) is 6.42 Å². The molecule has 1 heterocycles. The van der Waals surface area contributed by atoms with Crippen molar-refractivity contribution in [2.24, 2.45) is 5.92 Å². The van der Waals surface area contributed by atoms with Crippen LogP contribution >= 0.6 is 0 Å². The Morgan fingerprint density at radius 1 is 1.24 bits per heavy atom. The Bertz CT molecular complexity index is 433. The van der Waals surface area contributed by atoms with Gasteiger partial charge in [0.05, 0.1) is 5.92 Å². The fourth-order valence-electron chi connectivity index (χ4n) is 3.21. The maximum absolute atomic E-state index is 13.1. The van der Waals surface area contributed by atoms with Crippen molar-refractivity contribution in [3.8, 4) is 0 Å². The van der Waals surface area contributed by atoms with E-state index in [0.29, 0.717) is 19.4 Å². The third-order valence-corrected chi connectivity index (χ3v) is 3.91. The van der Waals surface area contributed by atoms with Gasteiger partial charge in [-0.2, -0.15) is 13.2 Å². The fourth-order valence-corrected chi connectivity index (χ4v) is 3.21. The lowest BCUT2D eigenvalue weighted by molar-refractivity contribution is -0.226. The molecular weight excluding hydrogens is 229 g/mol. The molecule has 3 rings (SSSR count). The predicted octanol–water partition coefficient (Wildman–Crippen LogP) is 3.43. The highest BCUT2D eigenvalue weighted by Gasteiger charge is 2.60. The van der Waals surface area contributed by atoms with Crippen molar-refractivity contribution in [2.45, 2.75) is 31.0 Å². The number of fused-ring (bicyclic) bond motifs is 2. The maximum Gasteiger partial charge on any atom is 0.395 e. The molecule has 1 spiro atoms. The maximum atomic E-state index is 13.1. The van der Waals surface area contributed by atoms with E-state index in [2.05, 4.69) is 0 Å². The molecule has 0 N–H and O–H groups in total. The Hall–Kier alpha value is -1.03. The first-order valence-electron chi connectivity index (χ1n) is 5.83. The van der Waals surface area contributed by atoms with Gasteiger partial charge in [0.1, 0.15) is 5.60 Å². The van der Waals surface area contributed by atoms with Gasteiger partial charge in [-0.1, -0.05) is 24.3 Å². The van der Waals surface area contributed by atoms with Crippen molar-refractivity contribution >= 4 is 0 Å². The Morgan fingerprint density at radius 2 is 2.00 bits per heavy atom. The first kappa shape index (κ1) is 11.1. The zero-order chi connectivity index (χ0) is 12.1. The van der Waals surface area contributed by atoms with Crippen molar-refractivity contribution in [2.75, 3.05) is 6.61 Å². The van der Waals surface area contributed by atoms with E-state index in [4.69, 9.17) is 4.74 Å². The molecular formula is C13H13F3O. The number of alkyl halides is 3.